The van der Waals surface area contributed by atoms with E-state index >= 15 is 0 Å². The SMILES string of the molecule is Cc1ccc(O)c(NC(=O)NC=C2CCOCC2)c1. The molecule has 1 aromatic rings. The van der Waals surface area contributed by atoms with Crippen molar-refractivity contribution in [2.75, 3.05) is 18.5 Å². The highest BCUT2D eigenvalue weighted by Crippen LogP contribution is 2.23. The number of benzene rings is 1. The molecule has 102 valence electrons. The second-order valence-electron chi connectivity index (χ2n) is 4.53. The Morgan fingerprint density at radius 2 is 2.11 bits per heavy atom. The van der Waals surface area contributed by atoms with Crippen molar-refractivity contribution in [1.82, 2.24) is 5.32 Å². The van der Waals surface area contributed by atoms with Crippen LogP contribution in [0.2, 0.25) is 0 Å². The van der Waals surface area contributed by atoms with Crippen molar-refractivity contribution >= 4 is 11.7 Å². The molecule has 0 radical (unpaired) electrons. The van der Waals surface area contributed by atoms with Crippen molar-refractivity contribution in [2.45, 2.75) is 19.8 Å². The molecule has 1 heterocycles. The first-order valence-electron chi connectivity index (χ1n) is 6.28. The predicted molar refractivity (Wildman–Crippen MR) is 73.1 cm³/mol. The molecular formula is C14H18N2O3. The van der Waals surface area contributed by atoms with Crippen LogP contribution in [0.4, 0.5) is 10.5 Å². The molecule has 0 aliphatic carbocycles. The molecule has 2 rings (SSSR count). The van der Waals surface area contributed by atoms with Gasteiger partial charge in [0.2, 0.25) is 0 Å². The first-order chi connectivity index (χ1) is 9.15. The summed E-state index contributed by atoms with van der Waals surface area (Å²) in [5, 5.41) is 14.9. The van der Waals surface area contributed by atoms with Crippen LogP contribution < -0.4 is 10.6 Å². The fourth-order valence-corrected chi connectivity index (χ4v) is 1.85. The number of aromatic hydroxyl groups is 1. The summed E-state index contributed by atoms with van der Waals surface area (Å²) in [7, 11) is 0. The third-order valence-electron chi connectivity index (χ3n) is 2.94. The normalized spacial score (nSPS) is 14.9. The quantitative estimate of drug-likeness (QED) is 0.717. The Balaban J connectivity index is 1.92. The molecule has 1 aliphatic rings. The fourth-order valence-electron chi connectivity index (χ4n) is 1.85. The zero-order valence-corrected chi connectivity index (χ0v) is 10.9. The Bertz CT molecular complexity index is 489. The standard InChI is InChI=1S/C14H18N2O3/c1-10-2-3-13(17)12(8-10)16-14(18)15-9-11-4-6-19-7-5-11/h2-3,8-9,17H,4-7H2,1H3,(H2,15,16,18). The van der Waals surface area contributed by atoms with Gasteiger partial charge in [-0.1, -0.05) is 6.07 Å². The maximum Gasteiger partial charge on any atom is 0.323 e. The Kier molecular flexibility index (Phi) is 4.41. The van der Waals surface area contributed by atoms with Crippen molar-refractivity contribution in [3.8, 4) is 5.75 Å². The first kappa shape index (κ1) is 13.4. The minimum Gasteiger partial charge on any atom is -0.506 e. The zero-order valence-electron chi connectivity index (χ0n) is 10.9. The van der Waals surface area contributed by atoms with Crippen LogP contribution in [0.3, 0.4) is 0 Å². The van der Waals surface area contributed by atoms with Gasteiger partial charge in [0.1, 0.15) is 5.75 Å². The summed E-state index contributed by atoms with van der Waals surface area (Å²) in [5.74, 6) is 0.0551. The van der Waals surface area contributed by atoms with E-state index in [1.807, 2.05) is 6.92 Å². The van der Waals surface area contributed by atoms with Gasteiger partial charge in [-0.15, -0.1) is 0 Å². The molecular weight excluding hydrogens is 244 g/mol. The summed E-state index contributed by atoms with van der Waals surface area (Å²) in [6, 6.07) is 4.70. The third kappa shape index (κ3) is 3.99. The molecule has 3 N–H and O–H groups in total. The Morgan fingerprint density at radius 3 is 2.84 bits per heavy atom. The summed E-state index contributed by atoms with van der Waals surface area (Å²) in [6.45, 7) is 3.30. The van der Waals surface area contributed by atoms with Crippen LogP contribution in [0.25, 0.3) is 0 Å². The van der Waals surface area contributed by atoms with Crippen molar-refractivity contribution in [3.05, 3.63) is 35.5 Å². The molecule has 1 aliphatic heterocycles. The number of hydrogen-bond donors (Lipinski definition) is 3. The van der Waals surface area contributed by atoms with Gasteiger partial charge < -0.3 is 20.5 Å². The van der Waals surface area contributed by atoms with Gasteiger partial charge in [0, 0.05) is 6.20 Å². The molecule has 0 aromatic heterocycles. The molecule has 19 heavy (non-hydrogen) atoms. The van der Waals surface area contributed by atoms with Crippen LogP contribution in [0.5, 0.6) is 5.75 Å². The smallest absolute Gasteiger partial charge is 0.323 e. The summed E-state index contributed by atoms with van der Waals surface area (Å²) < 4.78 is 5.23. The number of rotatable bonds is 2. The van der Waals surface area contributed by atoms with E-state index in [1.165, 1.54) is 0 Å². The van der Waals surface area contributed by atoms with E-state index in [0.717, 1.165) is 24.0 Å². The minimum atomic E-state index is -0.361. The van der Waals surface area contributed by atoms with Crippen molar-refractivity contribution < 1.29 is 14.6 Å². The van der Waals surface area contributed by atoms with Crippen LogP contribution in [0, 0.1) is 6.92 Å². The second-order valence-corrected chi connectivity index (χ2v) is 4.53. The maximum absolute atomic E-state index is 11.7. The zero-order chi connectivity index (χ0) is 13.7. The van der Waals surface area contributed by atoms with Crippen LogP contribution in [-0.2, 0) is 4.74 Å². The lowest BCUT2D eigenvalue weighted by Crippen LogP contribution is -2.25. The molecule has 0 atom stereocenters. The number of nitrogens with one attached hydrogen (secondary N) is 2. The molecule has 1 fully saturated rings. The highest BCUT2D eigenvalue weighted by atomic mass is 16.5. The fraction of sp³-hybridized carbons (Fsp3) is 0.357. The van der Waals surface area contributed by atoms with Crippen molar-refractivity contribution in [3.63, 3.8) is 0 Å². The van der Waals surface area contributed by atoms with Crippen molar-refractivity contribution in [2.24, 2.45) is 0 Å². The van der Waals surface area contributed by atoms with Crippen LogP contribution in [0.1, 0.15) is 18.4 Å². The number of amides is 2. The largest absolute Gasteiger partial charge is 0.506 e. The van der Waals surface area contributed by atoms with E-state index in [2.05, 4.69) is 10.6 Å². The lowest BCUT2D eigenvalue weighted by atomic mass is 10.1. The molecule has 0 saturated carbocycles. The number of carbonyl (C=O) groups is 1. The Labute approximate surface area is 112 Å². The molecule has 5 nitrogen and oxygen atoms in total. The van der Waals surface area contributed by atoms with Gasteiger partial charge in [-0.3, -0.25) is 0 Å². The average molecular weight is 262 g/mol. The van der Waals surface area contributed by atoms with E-state index < -0.39 is 0 Å². The molecule has 0 bridgehead atoms. The van der Waals surface area contributed by atoms with Gasteiger partial charge >= 0.3 is 6.03 Å². The van der Waals surface area contributed by atoms with E-state index in [4.69, 9.17) is 4.74 Å². The predicted octanol–water partition coefficient (Wildman–Crippen LogP) is 2.52. The Hall–Kier alpha value is -2.01. The van der Waals surface area contributed by atoms with Gasteiger partial charge in [0.25, 0.3) is 0 Å². The maximum atomic E-state index is 11.7. The summed E-state index contributed by atoms with van der Waals surface area (Å²) >= 11 is 0. The number of phenolic OH excluding ortho intramolecular Hbond substituents is 1. The summed E-state index contributed by atoms with van der Waals surface area (Å²) in [4.78, 5) is 11.7. The van der Waals surface area contributed by atoms with Crippen molar-refractivity contribution in [1.29, 1.82) is 0 Å². The summed E-state index contributed by atoms with van der Waals surface area (Å²) in [5.41, 5.74) is 2.54. The molecule has 1 saturated heterocycles. The number of ether oxygens (including phenoxy) is 1. The topological polar surface area (TPSA) is 70.6 Å². The van der Waals surface area contributed by atoms with Gasteiger partial charge in [0.05, 0.1) is 18.9 Å². The summed E-state index contributed by atoms with van der Waals surface area (Å²) in [6.07, 6.45) is 3.40. The minimum absolute atomic E-state index is 0.0551. The number of anilines is 1. The van der Waals surface area contributed by atoms with Gasteiger partial charge in [-0.25, -0.2) is 4.79 Å². The average Bonchev–Trinajstić information content (AvgIpc) is 2.42. The molecule has 0 spiro atoms. The Morgan fingerprint density at radius 1 is 1.37 bits per heavy atom. The highest BCUT2D eigenvalue weighted by Gasteiger charge is 2.07. The number of hydrogen-bond acceptors (Lipinski definition) is 3. The van der Waals surface area contributed by atoms with E-state index in [0.29, 0.717) is 18.9 Å². The van der Waals surface area contributed by atoms with Crippen LogP contribution in [-0.4, -0.2) is 24.4 Å². The van der Waals surface area contributed by atoms with E-state index in [-0.39, 0.29) is 11.8 Å². The monoisotopic (exact) mass is 262 g/mol. The van der Waals surface area contributed by atoms with E-state index in [9.17, 15) is 9.90 Å². The highest BCUT2D eigenvalue weighted by molar-refractivity contribution is 5.91. The molecule has 1 aromatic carbocycles. The number of urea groups is 1. The molecule has 2 amide bonds. The number of aryl methyl sites for hydroxylation is 1. The van der Waals surface area contributed by atoms with E-state index in [1.54, 1.807) is 24.4 Å². The number of phenols is 1. The van der Waals surface area contributed by atoms with Gasteiger partial charge in [-0.2, -0.15) is 0 Å². The van der Waals surface area contributed by atoms with Gasteiger partial charge in [0.15, 0.2) is 0 Å². The second kappa shape index (κ2) is 6.24. The first-order valence-corrected chi connectivity index (χ1v) is 6.28. The lowest BCUT2D eigenvalue weighted by Gasteiger charge is -2.14. The van der Waals surface area contributed by atoms with Crippen LogP contribution >= 0.6 is 0 Å². The lowest BCUT2D eigenvalue weighted by molar-refractivity contribution is 0.119. The van der Waals surface area contributed by atoms with Crippen LogP contribution in [0.15, 0.2) is 30.0 Å². The van der Waals surface area contributed by atoms with Gasteiger partial charge in [-0.05, 0) is 43.0 Å². The molecule has 0 unspecified atom stereocenters. The number of carbonyl (C=O) groups excluding carboxylic acids is 1. The molecule has 5 heteroatoms. The third-order valence-corrected chi connectivity index (χ3v) is 2.94.